The van der Waals surface area contributed by atoms with E-state index in [1.165, 1.54) is 31.2 Å². The van der Waals surface area contributed by atoms with E-state index in [4.69, 9.17) is 0 Å². The van der Waals surface area contributed by atoms with E-state index in [0.29, 0.717) is 11.8 Å². The molecule has 0 saturated carbocycles. The number of Topliss-reactive ketones (excluding diaryl/α,β-unsaturated/α-hetero) is 1. The van der Waals surface area contributed by atoms with Crippen molar-refractivity contribution in [3.8, 4) is 0 Å². The zero-order valence-corrected chi connectivity index (χ0v) is 13.8. The summed E-state index contributed by atoms with van der Waals surface area (Å²) in [7, 11) is 0. The van der Waals surface area contributed by atoms with Crippen molar-refractivity contribution in [3.05, 3.63) is 35.4 Å². The first-order valence-electron chi connectivity index (χ1n) is 8.41. The van der Waals surface area contributed by atoms with E-state index in [1.807, 2.05) is 24.3 Å². The minimum atomic E-state index is 0.276. The number of benzene rings is 1. The lowest BCUT2D eigenvalue weighted by Crippen LogP contribution is -2.40. The molecular weight excluding hydrogens is 258 g/mol. The number of ketones is 1. The molecule has 0 amide bonds. The number of aryl methyl sites for hydroxylation is 1. The highest BCUT2D eigenvalue weighted by Crippen LogP contribution is 2.37. The highest BCUT2D eigenvalue weighted by atomic mass is 16.1. The van der Waals surface area contributed by atoms with Crippen molar-refractivity contribution in [1.82, 2.24) is 4.90 Å². The maximum Gasteiger partial charge on any atom is 0.164 e. The Morgan fingerprint density at radius 3 is 2.19 bits per heavy atom. The molecule has 116 valence electrons. The van der Waals surface area contributed by atoms with Crippen LogP contribution in [-0.4, -0.2) is 30.3 Å². The second-order valence-electron chi connectivity index (χ2n) is 6.59. The van der Waals surface area contributed by atoms with Crippen LogP contribution in [0, 0.1) is 12.3 Å². The Balaban J connectivity index is 1.79. The number of hydrogen-bond acceptors (Lipinski definition) is 2. The number of carbonyl (C=O) groups excluding carboxylic acids is 1. The van der Waals surface area contributed by atoms with Gasteiger partial charge in [-0.1, -0.05) is 56.5 Å². The molecule has 2 nitrogen and oxygen atoms in total. The van der Waals surface area contributed by atoms with Crippen molar-refractivity contribution in [2.75, 3.05) is 19.6 Å². The fourth-order valence-corrected chi connectivity index (χ4v) is 3.35. The van der Waals surface area contributed by atoms with Gasteiger partial charge < -0.3 is 4.90 Å². The van der Waals surface area contributed by atoms with Crippen LogP contribution in [0.4, 0.5) is 0 Å². The molecule has 0 bridgehead atoms. The van der Waals surface area contributed by atoms with Gasteiger partial charge in [0.15, 0.2) is 5.78 Å². The molecule has 1 saturated heterocycles. The smallest absolute Gasteiger partial charge is 0.164 e. The lowest BCUT2D eigenvalue weighted by atomic mass is 9.74. The van der Waals surface area contributed by atoms with Crippen molar-refractivity contribution in [1.29, 1.82) is 0 Å². The number of likely N-dealkylation sites (tertiary alicyclic amines) is 1. The average molecular weight is 287 g/mol. The summed E-state index contributed by atoms with van der Waals surface area (Å²) in [5.74, 6) is 0.276. The number of nitrogens with zero attached hydrogens (tertiary/aromatic N) is 1. The fraction of sp³-hybridized carbons (Fsp3) is 0.632. The molecule has 1 aromatic carbocycles. The molecule has 1 heterocycles. The molecule has 2 rings (SSSR count). The Hall–Kier alpha value is -1.15. The number of hydrogen-bond donors (Lipinski definition) is 0. The highest BCUT2D eigenvalue weighted by Gasteiger charge is 2.30. The van der Waals surface area contributed by atoms with Crippen LogP contribution < -0.4 is 0 Å². The van der Waals surface area contributed by atoms with Crippen molar-refractivity contribution in [2.24, 2.45) is 5.41 Å². The standard InChI is InChI=1S/C19H29NO/c1-4-19(5-2)11-14-20(15-12-19)13-10-18(21)17-8-6-16(3)7-9-17/h6-9H,4-5,10-15H2,1-3H3. The first-order chi connectivity index (χ1) is 10.1. The summed E-state index contributed by atoms with van der Waals surface area (Å²) in [5, 5.41) is 0. The predicted octanol–water partition coefficient (Wildman–Crippen LogP) is 4.47. The number of piperidine rings is 1. The second-order valence-corrected chi connectivity index (χ2v) is 6.59. The number of carbonyl (C=O) groups is 1. The molecule has 1 fully saturated rings. The minimum Gasteiger partial charge on any atom is -0.303 e. The molecule has 0 N–H and O–H groups in total. The Morgan fingerprint density at radius 1 is 1.10 bits per heavy atom. The summed E-state index contributed by atoms with van der Waals surface area (Å²) in [4.78, 5) is 14.7. The van der Waals surface area contributed by atoms with Gasteiger partial charge in [0.05, 0.1) is 0 Å². The monoisotopic (exact) mass is 287 g/mol. The summed E-state index contributed by atoms with van der Waals surface area (Å²) in [5.41, 5.74) is 2.63. The predicted molar refractivity (Wildman–Crippen MR) is 88.8 cm³/mol. The second kappa shape index (κ2) is 7.22. The fourth-order valence-electron chi connectivity index (χ4n) is 3.35. The Labute approximate surface area is 129 Å². The zero-order chi connectivity index (χ0) is 15.3. The first-order valence-corrected chi connectivity index (χ1v) is 8.41. The number of rotatable bonds is 6. The summed E-state index contributed by atoms with van der Waals surface area (Å²) in [6.07, 6.45) is 5.81. The van der Waals surface area contributed by atoms with Gasteiger partial charge in [-0.25, -0.2) is 0 Å². The summed E-state index contributed by atoms with van der Waals surface area (Å²) < 4.78 is 0. The SMILES string of the molecule is CCC1(CC)CCN(CCC(=O)c2ccc(C)cc2)CC1. The van der Waals surface area contributed by atoms with E-state index in [2.05, 4.69) is 25.7 Å². The van der Waals surface area contributed by atoms with Crippen molar-refractivity contribution < 1.29 is 4.79 Å². The van der Waals surface area contributed by atoms with Crippen LogP contribution in [0.1, 0.15) is 61.9 Å². The maximum absolute atomic E-state index is 12.2. The van der Waals surface area contributed by atoms with Crippen LogP contribution in [0.5, 0.6) is 0 Å². The van der Waals surface area contributed by atoms with E-state index in [-0.39, 0.29) is 5.78 Å². The molecule has 2 heteroatoms. The molecule has 0 aromatic heterocycles. The summed E-state index contributed by atoms with van der Waals surface area (Å²) in [6.45, 7) is 9.91. The highest BCUT2D eigenvalue weighted by molar-refractivity contribution is 5.96. The lowest BCUT2D eigenvalue weighted by molar-refractivity contribution is 0.0841. The van der Waals surface area contributed by atoms with E-state index in [9.17, 15) is 4.79 Å². The lowest BCUT2D eigenvalue weighted by Gasteiger charge is -2.41. The zero-order valence-electron chi connectivity index (χ0n) is 13.8. The van der Waals surface area contributed by atoms with Crippen molar-refractivity contribution in [2.45, 2.75) is 52.9 Å². The van der Waals surface area contributed by atoms with Gasteiger partial charge in [0.2, 0.25) is 0 Å². The molecule has 21 heavy (non-hydrogen) atoms. The molecule has 1 aliphatic heterocycles. The van der Waals surface area contributed by atoms with Gasteiger partial charge in [-0.15, -0.1) is 0 Å². The van der Waals surface area contributed by atoms with Crippen LogP contribution in [0.25, 0.3) is 0 Å². The maximum atomic E-state index is 12.2. The molecule has 0 aliphatic carbocycles. The van der Waals surface area contributed by atoms with E-state index < -0.39 is 0 Å². The largest absolute Gasteiger partial charge is 0.303 e. The third-order valence-corrected chi connectivity index (χ3v) is 5.45. The van der Waals surface area contributed by atoms with Crippen LogP contribution in [-0.2, 0) is 0 Å². The normalized spacial score (nSPS) is 18.6. The van der Waals surface area contributed by atoms with Crippen LogP contribution in [0.3, 0.4) is 0 Å². The molecule has 0 radical (unpaired) electrons. The first kappa shape index (κ1) is 16.2. The van der Waals surface area contributed by atoms with Gasteiger partial charge >= 0.3 is 0 Å². The van der Waals surface area contributed by atoms with Gasteiger partial charge in [0, 0.05) is 18.5 Å². The van der Waals surface area contributed by atoms with Crippen molar-refractivity contribution >= 4 is 5.78 Å². The van der Waals surface area contributed by atoms with Crippen LogP contribution >= 0.6 is 0 Å². The van der Waals surface area contributed by atoms with Gasteiger partial charge in [-0.3, -0.25) is 4.79 Å². The molecule has 0 atom stereocenters. The van der Waals surface area contributed by atoms with Gasteiger partial charge in [-0.2, -0.15) is 0 Å². The topological polar surface area (TPSA) is 20.3 Å². The van der Waals surface area contributed by atoms with E-state index in [0.717, 1.165) is 25.2 Å². The molecule has 1 aromatic rings. The summed E-state index contributed by atoms with van der Waals surface area (Å²) >= 11 is 0. The third kappa shape index (κ3) is 4.16. The van der Waals surface area contributed by atoms with Crippen LogP contribution in [0.2, 0.25) is 0 Å². The molecule has 0 spiro atoms. The minimum absolute atomic E-state index is 0.276. The summed E-state index contributed by atoms with van der Waals surface area (Å²) in [6, 6.07) is 7.94. The Kier molecular flexibility index (Phi) is 5.58. The average Bonchev–Trinajstić information content (AvgIpc) is 2.54. The van der Waals surface area contributed by atoms with Crippen LogP contribution in [0.15, 0.2) is 24.3 Å². The molecular formula is C19H29NO. The molecule has 1 aliphatic rings. The van der Waals surface area contributed by atoms with E-state index >= 15 is 0 Å². The quantitative estimate of drug-likeness (QED) is 0.719. The third-order valence-electron chi connectivity index (χ3n) is 5.45. The van der Waals surface area contributed by atoms with Gasteiger partial charge in [0.1, 0.15) is 0 Å². The van der Waals surface area contributed by atoms with Gasteiger partial charge in [0.25, 0.3) is 0 Å². The molecule has 0 unspecified atom stereocenters. The van der Waals surface area contributed by atoms with E-state index in [1.54, 1.807) is 0 Å². The Morgan fingerprint density at radius 2 is 1.67 bits per heavy atom. The Bertz CT molecular complexity index is 449. The van der Waals surface area contributed by atoms with Gasteiger partial charge in [-0.05, 0) is 38.3 Å². The van der Waals surface area contributed by atoms with Crippen molar-refractivity contribution in [3.63, 3.8) is 0 Å².